The third-order valence-corrected chi connectivity index (χ3v) is 5.09. The summed E-state index contributed by atoms with van der Waals surface area (Å²) in [6.07, 6.45) is 1.80. The van der Waals surface area contributed by atoms with Crippen molar-refractivity contribution < 1.29 is 12.8 Å². The van der Waals surface area contributed by atoms with Crippen LogP contribution in [-0.2, 0) is 10.2 Å². The van der Waals surface area contributed by atoms with E-state index < -0.39 is 16.3 Å². The van der Waals surface area contributed by atoms with Crippen LogP contribution in [0.1, 0.15) is 38.5 Å². The molecule has 0 aliphatic heterocycles. The molecule has 0 amide bonds. The number of rotatable bonds is 7. The van der Waals surface area contributed by atoms with Crippen LogP contribution in [0.3, 0.4) is 0 Å². The Balaban J connectivity index is 2.11. The van der Waals surface area contributed by atoms with E-state index in [9.17, 15) is 8.42 Å². The predicted octanol–water partition coefficient (Wildman–Crippen LogP) is 3.06. The van der Waals surface area contributed by atoms with E-state index in [1.807, 2.05) is 37.3 Å². The molecule has 0 saturated carbocycles. The van der Waals surface area contributed by atoms with Gasteiger partial charge in [0.2, 0.25) is 0 Å². The van der Waals surface area contributed by atoms with E-state index >= 15 is 0 Å². The number of nitrogens with one attached hydrogen (secondary N) is 1. The Morgan fingerprint density at radius 3 is 2.71 bits per heavy atom. The van der Waals surface area contributed by atoms with Crippen molar-refractivity contribution in [2.24, 2.45) is 0 Å². The van der Waals surface area contributed by atoms with Crippen molar-refractivity contribution >= 4 is 21.2 Å². The second-order valence-electron chi connectivity index (χ2n) is 5.21. The van der Waals surface area contributed by atoms with Crippen LogP contribution < -0.4 is 4.72 Å². The summed E-state index contributed by atoms with van der Waals surface area (Å²) in [6.45, 7) is 4.33. The van der Waals surface area contributed by atoms with Gasteiger partial charge in [0.1, 0.15) is 11.3 Å². The third-order valence-electron chi connectivity index (χ3n) is 3.43. The van der Waals surface area contributed by atoms with E-state index in [0.717, 1.165) is 23.8 Å². The van der Waals surface area contributed by atoms with Gasteiger partial charge in [-0.05, 0) is 25.5 Å². The summed E-state index contributed by atoms with van der Waals surface area (Å²) in [6, 6.07) is 9.09. The molecule has 21 heavy (non-hydrogen) atoms. The van der Waals surface area contributed by atoms with Crippen molar-refractivity contribution in [2.45, 2.75) is 32.7 Å². The summed E-state index contributed by atoms with van der Waals surface area (Å²) in [7, 11) is -1.91. The van der Waals surface area contributed by atoms with Gasteiger partial charge in [0.05, 0.1) is 6.04 Å². The van der Waals surface area contributed by atoms with Crippen molar-refractivity contribution in [2.75, 3.05) is 13.6 Å². The van der Waals surface area contributed by atoms with Gasteiger partial charge in [-0.15, -0.1) is 0 Å². The first-order valence-electron chi connectivity index (χ1n) is 7.16. The molecule has 1 heterocycles. The maximum absolute atomic E-state index is 12.2. The molecule has 0 radical (unpaired) electrons. The van der Waals surface area contributed by atoms with Gasteiger partial charge in [0.15, 0.2) is 0 Å². The molecule has 1 aromatic carbocycles. The third kappa shape index (κ3) is 3.84. The molecule has 0 saturated heterocycles. The number of hydrogen-bond donors (Lipinski definition) is 1. The lowest BCUT2D eigenvalue weighted by Gasteiger charge is -2.19. The number of fused-ring (bicyclic) bond motifs is 1. The highest BCUT2D eigenvalue weighted by molar-refractivity contribution is 7.87. The molecule has 2 aromatic rings. The Hall–Kier alpha value is -1.37. The molecule has 0 aliphatic rings. The summed E-state index contributed by atoms with van der Waals surface area (Å²) in [5.41, 5.74) is 0.762. The molecule has 0 bridgehead atoms. The Morgan fingerprint density at radius 1 is 1.33 bits per heavy atom. The van der Waals surface area contributed by atoms with Crippen LogP contribution in [0.5, 0.6) is 0 Å². The quantitative estimate of drug-likeness (QED) is 0.855. The van der Waals surface area contributed by atoms with Crippen LogP contribution in [0.25, 0.3) is 11.0 Å². The summed E-state index contributed by atoms with van der Waals surface area (Å²) < 4.78 is 34.1. The topological polar surface area (TPSA) is 62.6 Å². The number of benzene rings is 1. The van der Waals surface area contributed by atoms with Gasteiger partial charge >= 0.3 is 0 Å². The van der Waals surface area contributed by atoms with E-state index in [-0.39, 0.29) is 0 Å². The summed E-state index contributed by atoms with van der Waals surface area (Å²) in [5, 5.41) is 0.970. The Morgan fingerprint density at radius 2 is 2.05 bits per heavy atom. The highest BCUT2D eigenvalue weighted by Gasteiger charge is 2.22. The first kappa shape index (κ1) is 16.0. The fourth-order valence-corrected chi connectivity index (χ4v) is 3.20. The molecule has 0 spiro atoms. The fourth-order valence-electron chi connectivity index (χ4n) is 2.09. The first-order valence-corrected chi connectivity index (χ1v) is 8.60. The molecule has 5 nitrogen and oxygen atoms in total. The monoisotopic (exact) mass is 310 g/mol. The van der Waals surface area contributed by atoms with Crippen molar-refractivity contribution in [3.05, 3.63) is 36.1 Å². The van der Waals surface area contributed by atoms with Crippen molar-refractivity contribution in [1.29, 1.82) is 0 Å². The maximum atomic E-state index is 12.2. The van der Waals surface area contributed by atoms with E-state index in [1.165, 1.54) is 4.31 Å². The van der Waals surface area contributed by atoms with Crippen LogP contribution in [-0.4, -0.2) is 26.3 Å². The van der Waals surface area contributed by atoms with Gasteiger partial charge in [-0.25, -0.2) is 0 Å². The number of furan rings is 1. The second-order valence-corrected chi connectivity index (χ2v) is 7.02. The smallest absolute Gasteiger partial charge is 0.279 e. The van der Waals surface area contributed by atoms with Gasteiger partial charge in [0, 0.05) is 19.0 Å². The standard InChI is InChI=1S/C15H22N2O3S/c1-4-5-10-17(3)21(18,19)16-12(2)15-11-13-8-6-7-9-14(13)20-15/h6-9,11-12,16H,4-5,10H2,1-3H3/t12-/m0/s1. The van der Waals surface area contributed by atoms with Crippen LogP contribution in [0.15, 0.2) is 34.7 Å². The van der Waals surface area contributed by atoms with Gasteiger partial charge in [-0.3, -0.25) is 0 Å². The minimum Gasteiger partial charge on any atom is -0.459 e. The Bertz CT molecular complexity index is 661. The molecule has 116 valence electrons. The Labute approximate surface area is 126 Å². The highest BCUT2D eigenvalue weighted by atomic mass is 32.2. The van der Waals surface area contributed by atoms with E-state index in [0.29, 0.717) is 12.3 Å². The lowest BCUT2D eigenvalue weighted by atomic mass is 10.2. The highest BCUT2D eigenvalue weighted by Crippen LogP contribution is 2.24. The van der Waals surface area contributed by atoms with Gasteiger partial charge in [-0.1, -0.05) is 31.5 Å². The normalized spacial score (nSPS) is 13.9. The molecule has 0 unspecified atom stereocenters. The SMILES string of the molecule is CCCCN(C)S(=O)(=O)N[C@@H](C)c1cc2ccccc2o1. The number of hydrogen-bond acceptors (Lipinski definition) is 3. The molecule has 1 N–H and O–H groups in total. The van der Waals surface area contributed by atoms with Crippen LogP contribution >= 0.6 is 0 Å². The van der Waals surface area contributed by atoms with Crippen LogP contribution in [0.2, 0.25) is 0 Å². The molecular weight excluding hydrogens is 288 g/mol. The Kier molecular flexibility index (Phi) is 5.03. The summed E-state index contributed by atoms with van der Waals surface area (Å²) in [4.78, 5) is 0. The molecule has 6 heteroatoms. The van der Waals surface area contributed by atoms with Crippen LogP contribution in [0.4, 0.5) is 0 Å². The lowest BCUT2D eigenvalue weighted by Crippen LogP contribution is -2.39. The average molecular weight is 310 g/mol. The van der Waals surface area contributed by atoms with E-state index in [1.54, 1.807) is 14.0 Å². The number of unbranched alkanes of at least 4 members (excludes halogenated alkanes) is 1. The van der Waals surface area contributed by atoms with Crippen molar-refractivity contribution in [3.63, 3.8) is 0 Å². The minimum absolute atomic E-state index is 0.411. The molecule has 0 fully saturated rings. The molecule has 1 aromatic heterocycles. The molecule has 0 aliphatic carbocycles. The predicted molar refractivity (Wildman–Crippen MR) is 84.2 cm³/mol. The van der Waals surface area contributed by atoms with Crippen molar-refractivity contribution in [3.8, 4) is 0 Å². The molecule has 1 atom stereocenters. The number of para-hydroxylation sites is 1. The summed E-state index contributed by atoms with van der Waals surface area (Å²) in [5.74, 6) is 0.615. The average Bonchev–Trinajstić information content (AvgIpc) is 2.88. The molecule has 2 rings (SSSR count). The second kappa shape index (κ2) is 6.60. The zero-order chi connectivity index (χ0) is 15.5. The van der Waals surface area contributed by atoms with E-state index in [4.69, 9.17) is 4.42 Å². The van der Waals surface area contributed by atoms with Crippen LogP contribution in [0, 0.1) is 0 Å². The lowest BCUT2D eigenvalue weighted by molar-refractivity contribution is 0.428. The first-order chi connectivity index (χ1) is 9.94. The summed E-state index contributed by atoms with van der Waals surface area (Å²) >= 11 is 0. The van der Waals surface area contributed by atoms with Crippen molar-refractivity contribution in [1.82, 2.24) is 9.03 Å². The maximum Gasteiger partial charge on any atom is 0.279 e. The van der Waals surface area contributed by atoms with Gasteiger partial charge < -0.3 is 4.42 Å². The fraction of sp³-hybridized carbons (Fsp3) is 0.467. The minimum atomic E-state index is -3.49. The van der Waals surface area contributed by atoms with Gasteiger partial charge in [-0.2, -0.15) is 17.4 Å². The molecular formula is C15H22N2O3S. The largest absolute Gasteiger partial charge is 0.459 e. The van der Waals surface area contributed by atoms with E-state index in [2.05, 4.69) is 4.72 Å². The zero-order valence-electron chi connectivity index (χ0n) is 12.7. The van der Waals surface area contributed by atoms with Gasteiger partial charge in [0.25, 0.3) is 10.2 Å². The number of nitrogens with zero attached hydrogens (tertiary/aromatic N) is 1. The zero-order valence-corrected chi connectivity index (χ0v) is 13.5.